The second-order valence-electron chi connectivity index (χ2n) is 5.03. The van der Waals surface area contributed by atoms with Crippen LogP contribution in [0.2, 0.25) is 0 Å². The Kier molecular flexibility index (Phi) is 7.95. The summed E-state index contributed by atoms with van der Waals surface area (Å²) < 4.78 is 4.83. The second-order valence-corrected chi connectivity index (χ2v) is 5.03. The average Bonchev–Trinajstić information content (AvgIpc) is 2.47. The van der Waals surface area contributed by atoms with Gasteiger partial charge in [-0.1, -0.05) is 19.3 Å². The first-order chi connectivity index (χ1) is 10.5. The molecule has 1 fully saturated rings. The van der Waals surface area contributed by atoms with Gasteiger partial charge in [0.1, 0.15) is 0 Å². The lowest BCUT2D eigenvalue weighted by molar-refractivity contribution is -0.259. The van der Waals surface area contributed by atoms with E-state index in [1.54, 1.807) is 0 Å². The molecule has 1 aliphatic rings. The van der Waals surface area contributed by atoms with Gasteiger partial charge in [0.25, 0.3) is 0 Å². The van der Waals surface area contributed by atoms with Gasteiger partial charge < -0.3 is 9.84 Å². The molecular weight excluding hydrogens is 296 g/mol. The fourth-order valence-electron chi connectivity index (χ4n) is 1.94. The summed E-state index contributed by atoms with van der Waals surface area (Å²) in [6, 6.07) is 0. The lowest BCUT2D eigenvalue weighted by Crippen LogP contribution is -2.28. The van der Waals surface area contributed by atoms with Gasteiger partial charge >= 0.3 is 23.9 Å². The molecule has 0 saturated carbocycles. The Morgan fingerprint density at radius 2 is 1.32 bits per heavy atom. The first-order valence-corrected chi connectivity index (χ1v) is 7.31. The quantitative estimate of drug-likeness (QED) is 0.571. The third-order valence-electron chi connectivity index (χ3n) is 3.15. The number of carboxylic acids is 1. The Morgan fingerprint density at radius 3 is 1.91 bits per heavy atom. The molecule has 1 heterocycles. The Morgan fingerprint density at radius 1 is 0.818 bits per heavy atom. The van der Waals surface area contributed by atoms with Crippen LogP contribution in [0.3, 0.4) is 0 Å². The van der Waals surface area contributed by atoms with Crippen molar-refractivity contribution in [3.05, 3.63) is 0 Å². The highest BCUT2D eigenvalue weighted by Crippen LogP contribution is 2.12. The van der Waals surface area contributed by atoms with E-state index in [0.717, 1.165) is 19.3 Å². The SMILES string of the molecule is O=C1CCCCCCCC(=O)OC(C(=O)O)CCC(=O)OO1. The summed E-state index contributed by atoms with van der Waals surface area (Å²) in [7, 11) is 0. The number of esters is 1. The van der Waals surface area contributed by atoms with Crippen LogP contribution in [0.15, 0.2) is 0 Å². The molecule has 1 saturated heterocycles. The summed E-state index contributed by atoms with van der Waals surface area (Å²) in [5.41, 5.74) is 0. The Hall–Kier alpha value is -2.12. The van der Waals surface area contributed by atoms with Crippen LogP contribution in [0, 0.1) is 0 Å². The average molecular weight is 316 g/mol. The molecule has 0 aliphatic carbocycles. The Balaban J connectivity index is 2.56. The van der Waals surface area contributed by atoms with E-state index in [9.17, 15) is 19.2 Å². The number of carbonyl (C=O) groups is 4. The van der Waals surface area contributed by atoms with Crippen LogP contribution in [0.25, 0.3) is 0 Å². The van der Waals surface area contributed by atoms with E-state index in [-0.39, 0.29) is 25.7 Å². The summed E-state index contributed by atoms with van der Waals surface area (Å²) >= 11 is 0. The van der Waals surface area contributed by atoms with E-state index in [4.69, 9.17) is 9.84 Å². The van der Waals surface area contributed by atoms with Crippen molar-refractivity contribution in [1.82, 2.24) is 0 Å². The molecule has 124 valence electrons. The first kappa shape index (κ1) is 17.9. The van der Waals surface area contributed by atoms with Crippen LogP contribution in [-0.4, -0.2) is 35.1 Å². The number of hydrogen-bond donors (Lipinski definition) is 1. The molecule has 0 amide bonds. The predicted molar refractivity (Wildman–Crippen MR) is 71.3 cm³/mol. The van der Waals surface area contributed by atoms with Gasteiger partial charge in [-0.3, -0.25) is 4.79 Å². The highest BCUT2D eigenvalue weighted by Gasteiger charge is 2.24. The van der Waals surface area contributed by atoms with Gasteiger partial charge in [-0.2, -0.15) is 0 Å². The van der Waals surface area contributed by atoms with E-state index in [0.29, 0.717) is 12.8 Å². The molecule has 22 heavy (non-hydrogen) atoms. The van der Waals surface area contributed by atoms with Gasteiger partial charge in [-0.25, -0.2) is 24.2 Å². The fraction of sp³-hybridized carbons (Fsp3) is 0.714. The van der Waals surface area contributed by atoms with Crippen molar-refractivity contribution in [2.45, 2.75) is 63.9 Å². The van der Waals surface area contributed by atoms with Crippen molar-refractivity contribution < 1.29 is 38.8 Å². The molecule has 1 rings (SSSR count). The minimum atomic E-state index is -1.41. The molecule has 8 heteroatoms. The van der Waals surface area contributed by atoms with Crippen LogP contribution in [0.1, 0.15) is 57.8 Å². The van der Waals surface area contributed by atoms with Crippen molar-refractivity contribution in [2.75, 3.05) is 0 Å². The second kappa shape index (κ2) is 9.75. The molecule has 0 aromatic rings. The third kappa shape index (κ3) is 7.61. The molecule has 0 aromatic carbocycles. The smallest absolute Gasteiger partial charge is 0.355 e. The van der Waals surface area contributed by atoms with Gasteiger partial charge in [0.05, 0.1) is 12.8 Å². The van der Waals surface area contributed by atoms with Crippen LogP contribution >= 0.6 is 0 Å². The Labute approximate surface area is 127 Å². The molecule has 1 unspecified atom stereocenters. The topological polar surface area (TPSA) is 116 Å². The van der Waals surface area contributed by atoms with Crippen LogP contribution < -0.4 is 0 Å². The number of ether oxygens (including phenoxy) is 1. The summed E-state index contributed by atoms with van der Waals surface area (Å²) in [5, 5.41) is 8.96. The van der Waals surface area contributed by atoms with Crippen molar-refractivity contribution in [1.29, 1.82) is 0 Å². The number of carbonyl (C=O) groups excluding carboxylic acids is 3. The van der Waals surface area contributed by atoms with Gasteiger partial charge in [0.2, 0.25) is 0 Å². The van der Waals surface area contributed by atoms with Crippen molar-refractivity contribution in [3.63, 3.8) is 0 Å². The van der Waals surface area contributed by atoms with Gasteiger partial charge in [0.15, 0.2) is 6.10 Å². The summed E-state index contributed by atoms with van der Waals surface area (Å²) in [6.07, 6.45) is 1.91. The maximum absolute atomic E-state index is 11.5. The monoisotopic (exact) mass is 316 g/mol. The molecule has 0 spiro atoms. The summed E-state index contributed by atoms with van der Waals surface area (Å²) in [6.45, 7) is 0. The Bertz CT molecular complexity index is 417. The van der Waals surface area contributed by atoms with E-state index < -0.39 is 30.0 Å². The van der Waals surface area contributed by atoms with Crippen molar-refractivity contribution in [3.8, 4) is 0 Å². The molecule has 0 bridgehead atoms. The zero-order valence-corrected chi connectivity index (χ0v) is 12.2. The standard InChI is InChI=1S/C14H20O8/c15-11-6-4-2-1-3-5-7-12(16)21-22-13(17)9-8-10(20-11)14(18)19/h10H,1-9H2,(H,18,19). The molecule has 1 aliphatic heterocycles. The van der Waals surface area contributed by atoms with Gasteiger partial charge in [-0.15, -0.1) is 0 Å². The molecule has 1 atom stereocenters. The van der Waals surface area contributed by atoms with Crippen LogP contribution in [-0.2, 0) is 33.7 Å². The molecule has 0 radical (unpaired) electrons. The zero-order valence-electron chi connectivity index (χ0n) is 12.2. The van der Waals surface area contributed by atoms with E-state index >= 15 is 0 Å². The van der Waals surface area contributed by atoms with E-state index in [1.807, 2.05) is 0 Å². The minimum absolute atomic E-state index is 0.135. The highest BCUT2D eigenvalue weighted by molar-refractivity contribution is 5.79. The molecular formula is C14H20O8. The maximum atomic E-state index is 11.5. The number of aliphatic carboxylic acids is 1. The summed E-state index contributed by atoms with van der Waals surface area (Å²) in [5.74, 6) is -3.46. The van der Waals surface area contributed by atoms with E-state index in [2.05, 4.69) is 9.78 Å². The fourth-order valence-corrected chi connectivity index (χ4v) is 1.94. The molecule has 0 aromatic heterocycles. The molecule has 1 N–H and O–H groups in total. The number of cyclic esters (lactones) is 1. The highest BCUT2D eigenvalue weighted by atomic mass is 17.2. The number of carboxylic acid groups (broad SMARTS) is 1. The normalized spacial score (nSPS) is 23.1. The predicted octanol–water partition coefficient (Wildman–Crippen LogP) is 1.51. The van der Waals surface area contributed by atoms with Crippen LogP contribution in [0.4, 0.5) is 0 Å². The number of hydrogen-bond acceptors (Lipinski definition) is 7. The van der Waals surface area contributed by atoms with E-state index in [1.165, 1.54) is 0 Å². The maximum Gasteiger partial charge on any atom is 0.355 e. The van der Waals surface area contributed by atoms with Crippen molar-refractivity contribution in [2.24, 2.45) is 0 Å². The number of rotatable bonds is 1. The minimum Gasteiger partial charge on any atom is -0.479 e. The summed E-state index contributed by atoms with van der Waals surface area (Å²) in [4.78, 5) is 53.8. The lowest BCUT2D eigenvalue weighted by Gasteiger charge is -2.13. The van der Waals surface area contributed by atoms with Gasteiger partial charge in [-0.05, 0) is 12.8 Å². The van der Waals surface area contributed by atoms with Crippen LogP contribution in [0.5, 0.6) is 0 Å². The van der Waals surface area contributed by atoms with Gasteiger partial charge in [0, 0.05) is 12.8 Å². The zero-order chi connectivity index (χ0) is 16.4. The largest absolute Gasteiger partial charge is 0.479 e. The first-order valence-electron chi connectivity index (χ1n) is 7.31. The lowest BCUT2D eigenvalue weighted by atomic mass is 10.1. The van der Waals surface area contributed by atoms with Crippen molar-refractivity contribution >= 4 is 23.9 Å². The third-order valence-corrected chi connectivity index (χ3v) is 3.15. The molecule has 8 nitrogen and oxygen atoms in total.